The number of carbonyl (C=O) groups excluding carboxylic acids is 1. The molecule has 1 aromatic carbocycles. The highest BCUT2D eigenvalue weighted by Crippen LogP contribution is 2.24. The molecule has 8 heteroatoms. The normalized spacial score (nSPS) is 11.1. The third kappa shape index (κ3) is 4.73. The van der Waals surface area contributed by atoms with Gasteiger partial charge in [-0.3, -0.25) is 9.78 Å². The highest BCUT2D eigenvalue weighted by atomic mass is 79.9. The number of ether oxygens (including phenoxy) is 1. The number of amides is 1. The van der Waals surface area contributed by atoms with Crippen LogP contribution in [0.3, 0.4) is 0 Å². The van der Waals surface area contributed by atoms with E-state index in [4.69, 9.17) is 0 Å². The molecule has 0 atom stereocenters. The van der Waals surface area contributed by atoms with Crippen molar-refractivity contribution in [1.29, 1.82) is 0 Å². The predicted octanol–water partition coefficient (Wildman–Crippen LogP) is 4.13. The van der Waals surface area contributed by atoms with Crippen molar-refractivity contribution < 1.29 is 22.7 Å². The molecule has 0 spiro atoms. The number of benzene rings is 1. The molecular weight excluding hydrogens is 365 g/mol. The van der Waals surface area contributed by atoms with Crippen molar-refractivity contribution in [3.05, 3.63) is 53.9 Å². The molecule has 0 unspecified atom stereocenters. The highest BCUT2D eigenvalue weighted by molar-refractivity contribution is 9.08. The molecule has 1 aromatic heterocycles. The third-order valence-corrected chi connectivity index (χ3v) is 3.20. The number of alkyl halides is 4. The molecule has 0 fully saturated rings. The lowest BCUT2D eigenvalue weighted by Gasteiger charge is -2.09. The third-order valence-electron chi connectivity index (χ3n) is 2.56. The summed E-state index contributed by atoms with van der Waals surface area (Å²) >= 11 is 3.27. The summed E-state index contributed by atoms with van der Waals surface area (Å²) < 4.78 is 39.8. The number of rotatable bonds is 4. The predicted molar refractivity (Wildman–Crippen MR) is 77.9 cm³/mol. The molecular formula is C14H10BrF3N2O2. The van der Waals surface area contributed by atoms with E-state index >= 15 is 0 Å². The van der Waals surface area contributed by atoms with Crippen LogP contribution in [0, 0.1) is 0 Å². The van der Waals surface area contributed by atoms with Crippen LogP contribution in [0.2, 0.25) is 0 Å². The average Bonchev–Trinajstić information content (AvgIpc) is 2.48. The van der Waals surface area contributed by atoms with Crippen molar-refractivity contribution in [2.45, 2.75) is 11.7 Å². The summed E-state index contributed by atoms with van der Waals surface area (Å²) in [6.07, 6.45) is -3.18. The summed E-state index contributed by atoms with van der Waals surface area (Å²) in [6, 6.07) is 8.16. The lowest BCUT2D eigenvalue weighted by Crippen LogP contribution is -2.17. The summed E-state index contributed by atoms with van der Waals surface area (Å²) in [5.74, 6) is -0.809. The number of pyridine rings is 1. The van der Waals surface area contributed by atoms with Gasteiger partial charge >= 0.3 is 6.36 Å². The zero-order valence-corrected chi connectivity index (χ0v) is 12.6. The van der Waals surface area contributed by atoms with Crippen molar-refractivity contribution in [3.8, 4) is 5.75 Å². The van der Waals surface area contributed by atoms with Gasteiger partial charge in [-0.15, -0.1) is 13.2 Å². The van der Waals surface area contributed by atoms with Crippen molar-refractivity contribution >= 4 is 27.5 Å². The smallest absolute Gasteiger partial charge is 0.406 e. The molecule has 0 saturated carbocycles. The van der Waals surface area contributed by atoms with Crippen molar-refractivity contribution in [3.63, 3.8) is 0 Å². The Labute approximate surface area is 132 Å². The number of nitrogens with zero attached hydrogens (tertiary/aromatic N) is 1. The molecule has 0 aliphatic rings. The van der Waals surface area contributed by atoms with Gasteiger partial charge in [0.05, 0.1) is 0 Å². The number of carbonyl (C=O) groups is 1. The number of aromatic nitrogens is 1. The average molecular weight is 375 g/mol. The van der Waals surface area contributed by atoms with Crippen LogP contribution in [0.5, 0.6) is 5.75 Å². The van der Waals surface area contributed by atoms with Gasteiger partial charge in [-0.25, -0.2) is 0 Å². The number of anilines is 1. The minimum atomic E-state index is -4.74. The Balaban J connectivity index is 2.02. The lowest BCUT2D eigenvalue weighted by molar-refractivity contribution is -0.274. The van der Waals surface area contributed by atoms with Crippen LogP contribution in [-0.4, -0.2) is 17.3 Å². The van der Waals surface area contributed by atoms with E-state index < -0.39 is 12.3 Å². The largest absolute Gasteiger partial charge is 0.573 e. The minimum absolute atomic E-state index is 0.209. The topological polar surface area (TPSA) is 51.2 Å². The Morgan fingerprint density at radius 2 is 1.86 bits per heavy atom. The monoisotopic (exact) mass is 374 g/mol. The van der Waals surface area contributed by atoms with Crippen molar-refractivity contribution in [2.24, 2.45) is 0 Å². The van der Waals surface area contributed by atoms with E-state index in [1.54, 1.807) is 18.3 Å². The van der Waals surface area contributed by atoms with E-state index in [2.05, 4.69) is 31.0 Å². The number of nitrogens with one attached hydrogen (secondary N) is 1. The lowest BCUT2D eigenvalue weighted by atomic mass is 10.2. The SMILES string of the molecule is O=C(Nc1ccc(OC(F)(F)F)cc1)c1ccc(CBr)cn1. The maximum atomic E-state index is 12.0. The van der Waals surface area contributed by atoms with Crippen LogP contribution >= 0.6 is 15.9 Å². The van der Waals surface area contributed by atoms with Crippen molar-refractivity contribution in [1.82, 2.24) is 4.98 Å². The zero-order chi connectivity index (χ0) is 16.2. The first-order valence-corrected chi connectivity index (χ1v) is 7.17. The number of hydrogen-bond donors (Lipinski definition) is 1. The molecule has 1 heterocycles. The fourth-order valence-electron chi connectivity index (χ4n) is 1.57. The van der Waals surface area contributed by atoms with E-state index in [0.717, 1.165) is 17.7 Å². The fraction of sp³-hybridized carbons (Fsp3) is 0.143. The quantitative estimate of drug-likeness (QED) is 0.818. The minimum Gasteiger partial charge on any atom is -0.406 e. The standard InChI is InChI=1S/C14H10BrF3N2O2/c15-7-9-1-6-12(19-8-9)13(21)20-10-2-4-11(5-3-10)22-14(16,17)18/h1-6,8H,7H2,(H,20,21). The van der Waals surface area contributed by atoms with Crippen LogP contribution < -0.4 is 10.1 Å². The molecule has 0 radical (unpaired) electrons. The molecule has 1 N–H and O–H groups in total. The Morgan fingerprint density at radius 1 is 1.18 bits per heavy atom. The van der Waals surface area contributed by atoms with E-state index in [0.29, 0.717) is 11.0 Å². The molecule has 4 nitrogen and oxygen atoms in total. The van der Waals surface area contributed by atoms with Gasteiger partial charge in [-0.05, 0) is 35.9 Å². The summed E-state index contributed by atoms with van der Waals surface area (Å²) in [4.78, 5) is 15.9. The molecule has 1 amide bonds. The van der Waals surface area contributed by atoms with Crippen LogP contribution in [0.1, 0.15) is 16.1 Å². The second kappa shape index (κ2) is 6.78. The summed E-state index contributed by atoms with van der Waals surface area (Å²) in [7, 11) is 0. The van der Waals surface area contributed by atoms with Crippen LogP contribution in [0.25, 0.3) is 0 Å². The molecule has 2 aromatic rings. The Kier molecular flexibility index (Phi) is 5.02. The molecule has 0 aliphatic heterocycles. The molecule has 2 rings (SSSR count). The summed E-state index contributed by atoms with van der Waals surface area (Å²) in [5.41, 5.74) is 1.47. The maximum Gasteiger partial charge on any atom is 0.573 e. The zero-order valence-electron chi connectivity index (χ0n) is 11.0. The van der Waals surface area contributed by atoms with E-state index in [-0.39, 0.29) is 11.4 Å². The van der Waals surface area contributed by atoms with Gasteiger partial charge in [0.15, 0.2) is 0 Å². The molecule has 22 heavy (non-hydrogen) atoms. The molecule has 0 bridgehead atoms. The molecule has 0 saturated heterocycles. The Bertz CT molecular complexity index is 643. The van der Waals surface area contributed by atoms with Gasteiger partial charge in [-0.2, -0.15) is 0 Å². The van der Waals surface area contributed by atoms with E-state index in [1.165, 1.54) is 12.1 Å². The number of halogens is 4. The summed E-state index contributed by atoms with van der Waals surface area (Å²) in [6.45, 7) is 0. The van der Waals surface area contributed by atoms with Gasteiger partial charge < -0.3 is 10.1 Å². The van der Waals surface area contributed by atoms with Gasteiger partial charge in [-0.1, -0.05) is 22.0 Å². The maximum absolute atomic E-state index is 12.0. The first-order chi connectivity index (χ1) is 10.4. The van der Waals surface area contributed by atoms with Crippen molar-refractivity contribution in [2.75, 3.05) is 5.32 Å². The molecule has 116 valence electrons. The molecule has 0 aliphatic carbocycles. The van der Waals surface area contributed by atoms with Gasteiger partial charge in [0.2, 0.25) is 0 Å². The Morgan fingerprint density at radius 3 is 2.36 bits per heavy atom. The first kappa shape index (κ1) is 16.3. The van der Waals surface area contributed by atoms with Gasteiger partial charge in [0.1, 0.15) is 11.4 Å². The Hall–Kier alpha value is -2.09. The summed E-state index contributed by atoms with van der Waals surface area (Å²) in [5, 5.41) is 3.16. The van der Waals surface area contributed by atoms with Crippen LogP contribution in [0.4, 0.5) is 18.9 Å². The van der Waals surface area contributed by atoms with Crippen LogP contribution in [0.15, 0.2) is 42.6 Å². The number of hydrogen-bond acceptors (Lipinski definition) is 3. The van der Waals surface area contributed by atoms with E-state index in [9.17, 15) is 18.0 Å². The second-order valence-electron chi connectivity index (χ2n) is 4.21. The highest BCUT2D eigenvalue weighted by Gasteiger charge is 2.30. The van der Waals surface area contributed by atoms with Crippen LogP contribution in [-0.2, 0) is 5.33 Å². The second-order valence-corrected chi connectivity index (χ2v) is 4.77. The van der Waals surface area contributed by atoms with E-state index in [1.807, 2.05) is 0 Å². The fourth-order valence-corrected chi connectivity index (χ4v) is 1.90. The first-order valence-electron chi connectivity index (χ1n) is 6.05. The van der Waals surface area contributed by atoms with Gasteiger partial charge in [0.25, 0.3) is 5.91 Å². The van der Waals surface area contributed by atoms with Gasteiger partial charge in [0, 0.05) is 17.2 Å².